The minimum atomic E-state index is -1.50. The van der Waals surface area contributed by atoms with Crippen LogP contribution in [0.25, 0.3) is 10.9 Å². The van der Waals surface area contributed by atoms with Gasteiger partial charge in [0.15, 0.2) is 11.2 Å². The van der Waals surface area contributed by atoms with E-state index in [0.717, 1.165) is 0 Å². The van der Waals surface area contributed by atoms with E-state index in [1.165, 1.54) is 0 Å². The Morgan fingerprint density at radius 1 is 0.913 bits per heavy atom. The van der Waals surface area contributed by atoms with Crippen LogP contribution in [0.1, 0.15) is 0 Å². The van der Waals surface area contributed by atoms with E-state index in [4.69, 9.17) is 0 Å². The number of rotatable bonds is 3. The molecule has 0 saturated heterocycles. The molecule has 0 atom stereocenters. The Kier molecular flexibility index (Phi) is 3.46. The molecule has 13 heteroatoms. The summed E-state index contributed by atoms with van der Waals surface area (Å²) in [6, 6.07) is 0.770. The van der Waals surface area contributed by atoms with E-state index in [9.17, 15) is 45.0 Å². The van der Waals surface area contributed by atoms with Gasteiger partial charge in [-0.15, -0.1) is 0 Å². The highest BCUT2D eigenvalue weighted by Gasteiger charge is 2.39. The van der Waals surface area contributed by atoms with Crippen molar-refractivity contribution in [2.45, 2.75) is 0 Å². The van der Waals surface area contributed by atoms with Crippen LogP contribution in [0.15, 0.2) is 21.7 Å². The predicted octanol–water partition coefficient (Wildman–Crippen LogP) is 0.318. The van der Waals surface area contributed by atoms with E-state index in [-0.39, 0.29) is 0 Å². The second-order valence-corrected chi connectivity index (χ2v) is 4.13. The van der Waals surface area contributed by atoms with Crippen LogP contribution in [0.5, 0.6) is 5.75 Å². The fraction of sp³-hybridized carbons (Fsp3) is 0. The summed E-state index contributed by atoms with van der Waals surface area (Å²) >= 11 is 0. The van der Waals surface area contributed by atoms with Gasteiger partial charge >= 0.3 is 17.1 Å². The molecular weight excluding hydrogens is 320 g/mol. The standard InChI is InChI=1S/C10H4N4O9/c15-5-2-6(16)10(17)11-3-1-4(12(18)19)8(13(20)21)9(7(3)5)14(22)23/h1-2,16H,(H,11,17). The first-order valence-electron chi connectivity index (χ1n) is 5.55. The van der Waals surface area contributed by atoms with Crippen LogP contribution >= 0.6 is 0 Å². The SMILES string of the molecule is O=c1[nH]c2cc([N+](=O)[O-])c([N+](=O)[O-])c([N+](=O)[O-])c2c(=O)cc1O. The zero-order chi connectivity index (χ0) is 17.5. The largest absolute Gasteiger partial charge is 0.503 e. The fourth-order valence-electron chi connectivity index (χ4n) is 1.94. The maximum Gasteiger partial charge on any atom is 0.423 e. The van der Waals surface area contributed by atoms with Gasteiger partial charge < -0.3 is 10.1 Å². The molecule has 0 radical (unpaired) electrons. The number of fused-ring (bicyclic) bond motifs is 1. The molecule has 23 heavy (non-hydrogen) atoms. The van der Waals surface area contributed by atoms with Crippen molar-refractivity contribution in [3.05, 3.63) is 63.1 Å². The molecule has 0 aliphatic heterocycles. The topological polar surface area (TPSA) is 200 Å². The molecule has 0 bridgehead atoms. The maximum absolute atomic E-state index is 11.9. The number of nitro groups is 3. The molecule has 13 nitrogen and oxygen atoms in total. The lowest BCUT2D eigenvalue weighted by molar-refractivity contribution is -0.440. The van der Waals surface area contributed by atoms with Gasteiger partial charge in [-0.2, -0.15) is 0 Å². The van der Waals surface area contributed by atoms with Crippen LogP contribution in [0, 0.1) is 30.3 Å². The summed E-state index contributed by atoms with van der Waals surface area (Å²) in [5.41, 5.74) is -7.47. The van der Waals surface area contributed by atoms with Crippen LogP contribution in [0.4, 0.5) is 17.1 Å². The summed E-state index contributed by atoms with van der Waals surface area (Å²) in [6.45, 7) is 0. The van der Waals surface area contributed by atoms with Crippen LogP contribution in [0.3, 0.4) is 0 Å². The van der Waals surface area contributed by atoms with E-state index < -0.39 is 59.5 Å². The van der Waals surface area contributed by atoms with Crippen molar-refractivity contribution in [3.63, 3.8) is 0 Å². The van der Waals surface area contributed by atoms with Crippen molar-refractivity contribution < 1.29 is 19.9 Å². The molecule has 118 valence electrons. The zero-order valence-electron chi connectivity index (χ0n) is 10.7. The Morgan fingerprint density at radius 2 is 1.48 bits per heavy atom. The highest BCUT2D eigenvalue weighted by Crippen LogP contribution is 2.40. The van der Waals surface area contributed by atoms with Crippen molar-refractivity contribution in [1.82, 2.24) is 4.98 Å². The Morgan fingerprint density at radius 3 is 1.96 bits per heavy atom. The minimum Gasteiger partial charge on any atom is -0.503 e. The summed E-state index contributed by atoms with van der Waals surface area (Å²) in [4.78, 5) is 54.3. The molecule has 0 aliphatic rings. The molecule has 0 spiro atoms. The van der Waals surface area contributed by atoms with Gasteiger partial charge in [0.2, 0.25) is 0 Å². The summed E-state index contributed by atoms with van der Waals surface area (Å²) in [5, 5.41) is 41.4. The normalized spacial score (nSPS) is 10.4. The molecule has 1 heterocycles. The Hall–Kier alpha value is -3.90. The Labute approximate surface area is 122 Å². The number of nitrogens with zero attached hydrogens (tertiary/aromatic N) is 3. The molecule has 2 N–H and O–H groups in total. The van der Waals surface area contributed by atoms with Crippen LogP contribution in [0.2, 0.25) is 0 Å². The third-order valence-electron chi connectivity index (χ3n) is 2.81. The van der Waals surface area contributed by atoms with E-state index in [2.05, 4.69) is 0 Å². The predicted molar refractivity (Wildman–Crippen MR) is 72.5 cm³/mol. The lowest BCUT2D eigenvalue weighted by Gasteiger charge is -1.99. The minimum absolute atomic E-state index is 0.323. The number of nitrogens with one attached hydrogen (secondary N) is 1. The second-order valence-electron chi connectivity index (χ2n) is 4.13. The van der Waals surface area contributed by atoms with Gasteiger partial charge in [0.25, 0.3) is 5.56 Å². The number of aromatic hydroxyl groups is 1. The van der Waals surface area contributed by atoms with Gasteiger partial charge in [-0.25, -0.2) is 0 Å². The van der Waals surface area contributed by atoms with Crippen LogP contribution in [-0.2, 0) is 0 Å². The molecule has 0 aliphatic carbocycles. The molecule has 0 fully saturated rings. The number of aromatic nitrogens is 1. The monoisotopic (exact) mass is 324 g/mol. The molecule has 1 aromatic heterocycles. The van der Waals surface area contributed by atoms with Crippen molar-refractivity contribution in [2.24, 2.45) is 0 Å². The van der Waals surface area contributed by atoms with Crippen molar-refractivity contribution >= 4 is 28.0 Å². The second kappa shape index (κ2) is 5.14. The number of hydrogen-bond acceptors (Lipinski definition) is 9. The summed E-state index contributed by atoms with van der Waals surface area (Å²) in [5.74, 6) is -1.11. The summed E-state index contributed by atoms with van der Waals surface area (Å²) in [7, 11) is 0. The molecule has 0 saturated carbocycles. The van der Waals surface area contributed by atoms with Crippen molar-refractivity contribution in [2.75, 3.05) is 0 Å². The molecule has 0 unspecified atom stereocenters. The van der Waals surface area contributed by atoms with E-state index >= 15 is 0 Å². The number of nitro benzene ring substituents is 3. The van der Waals surface area contributed by atoms with Crippen molar-refractivity contribution in [3.8, 4) is 5.75 Å². The van der Waals surface area contributed by atoms with Crippen LogP contribution in [-0.4, -0.2) is 24.9 Å². The van der Waals surface area contributed by atoms with Crippen molar-refractivity contribution in [1.29, 1.82) is 0 Å². The number of H-pyrrole nitrogens is 1. The first-order valence-corrected chi connectivity index (χ1v) is 5.55. The number of benzene rings is 1. The average molecular weight is 324 g/mol. The Balaban J connectivity index is 3.31. The van der Waals surface area contributed by atoms with Gasteiger partial charge in [0.1, 0.15) is 5.39 Å². The van der Waals surface area contributed by atoms with E-state index in [1.807, 2.05) is 4.98 Å². The van der Waals surface area contributed by atoms with Gasteiger partial charge in [-0.1, -0.05) is 0 Å². The maximum atomic E-state index is 11.9. The molecular formula is C10H4N4O9. The summed E-state index contributed by atoms with van der Waals surface area (Å²) in [6.07, 6.45) is 0. The van der Waals surface area contributed by atoms with E-state index in [0.29, 0.717) is 12.1 Å². The average Bonchev–Trinajstić information content (AvgIpc) is 2.54. The van der Waals surface area contributed by atoms with Gasteiger partial charge in [-0.3, -0.25) is 39.9 Å². The first-order chi connectivity index (χ1) is 10.6. The number of hydrogen-bond donors (Lipinski definition) is 2. The number of aromatic amines is 1. The molecule has 2 aromatic rings. The first kappa shape index (κ1) is 15.5. The third kappa shape index (κ3) is 2.41. The Bertz CT molecular complexity index is 1010. The third-order valence-corrected chi connectivity index (χ3v) is 2.81. The molecule has 1 aromatic carbocycles. The highest BCUT2D eigenvalue weighted by atomic mass is 16.6. The van der Waals surface area contributed by atoms with E-state index in [1.54, 1.807) is 0 Å². The van der Waals surface area contributed by atoms with Gasteiger partial charge in [0.05, 0.1) is 20.3 Å². The highest BCUT2D eigenvalue weighted by molar-refractivity contribution is 5.96. The zero-order valence-corrected chi connectivity index (χ0v) is 10.7. The lowest BCUT2D eigenvalue weighted by Crippen LogP contribution is -2.07. The molecule has 2 rings (SSSR count). The summed E-state index contributed by atoms with van der Waals surface area (Å²) < 4.78 is 0. The van der Waals surface area contributed by atoms with Gasteiger partial charge in [-0.05, 0) is 0 Å². The fourth-order valence-corrected chi connectivity index (χ4v) is 1.94. The smallest absolute Gasteiger partial charge is 0.423 e. The quantitative estimate of drug-likeness (QED) is 0.588. The van der Waals surface area contributed by atoms with Crippen LogP contribution < -0.4 is 11.0 Å². The van der Waals surface area contributed by atoms with Gasteiger partial charge in [0, 0.05) is 12.1 Å². The lowest BCUT2D eigenvalue weighted by atomic mass is 10.1. The molecule has 0 amide bonds.